The predicted octanol–water partition coefficient (Wildman–Crippen LogP) is 9.43. The normalized spacial score (nSPS) is 36.3. The van der Waals surface area contributed by atoms with Crippen molar-refractivity contribution in [2.24, 2.45) is 63.1 Å². The number of aliphatic carboxylic acids is 1. The van der Waals surface area contributed by atoms with Gasteiger partial charge in [-0.25, -0.2) is 0 Å². The van der Waals surface area contributed by atoms with Gasteiger partial charge < -0.3 is 25.7 Å². The van der Waals surface area contributed by atoms with Crippen LogP contribution < -0.4 is 10.6 Å². The minimum atomic E-state index is -1.13. The zero-order valence-corrected chi connectivity index (χ0v) is 37.0. The monoisotopic (exact) mass is 811 g/mol. The molecule has 5 aliphatic carbocycles. The van der Waals surface area contributed by atoms with E-state index in [-0.39, 0.29) is 39.6 Å². The van der Waals surface area contributed by atoms with Gasteiger partial charge >= 0.3 is 5.97 Å². The van der Waals surface area contributed by atoms with Crippen LogP contribution in [-0.4, -0.2) is 50.6 Å². The lowest BCUT2D eigenvalue weighted by Crippen LogP contribution is -2.64. The van der Waals surface area contributed by atoms with Crippen molar-refractivity contribution in [3.05, 3.63) is 71.8 Å². The Morgan fingerprint density at radius 2 is 1.53 bits per heavy atom. The average molecular weight is 811 g/mol. The topological polar surface area (TPSA) is 139 Å². The number of benzene rings is 2. The summed E-state index contributed by atoms with van der Waals surface area (Å²) in [6.07, 6.45) is 8.53. The van der Waals surface area contributed by atoms with Crippen molar-refractivity contribution in [2.45, 2.75) is 157 Å². The van der Waals surface area contributed by atoms with Crippen molar-refractivity contribution in [3.63, 3.8) is 0 Å². The van der Waals surface area contributed by atoms with Gasteiger partial charge in [0.1, 0.15) is 6.23 Å². The maximum atomic E-state index is 14.8. The molecule has 13 atom stereocenters. The lowest BCUT2D eigenvalue weighted by molar-refractivity contribution is -0.216. The van der Waals surface area contributed by atoms with E-state index in [4.69, 9.17) is 0 Å². The summed E-state index contributed by atoms with van der Waals surface area (Å²) >= 11 is 0. The Bertz CT molecular complexity index is 1880. The second-order valence-electron chi connectivity index (χ2n) is 21.6. The Hall–Kier alpha value is -3.04. The molecule has 0 saturated heterocycles. The molecule has 0 aromatic heterocycles. The smallest absolute Gasteiger partial charge is 0.306 e. The largest absolute Gasteiger partial charge is 0.481 e. The van der Waals surface area contributed by atoms with E-state index in [1.807, 2.05) is 50.2 Å². The first-order valence-corrected chi connectivity index (χ1v) is 23.0. The molecule has 0 radical (unpaired) electrons. The SMILES string of the molecule is C=C(C)C1CCC2(C(=O)NCc3cccc(-c4cccc(C(O)NC(CC(C)C)C(O)CC(=O)O)c4)c3)CCC3C(CCC4C3(C)CCC3C(C)(C)C(O)CCC34C)C12. The van der Waals surface area contributed by atoms with E-state index in [0.29, 0.717) is 54.0 Å². The molecule has 0 bridgehead atoms. The standard InChI is InChI=1S/C51H74N2O6/c1-30(2)25-39(40(54)28-44(56)57)53-46(58)35-14-10-13-34(27-35)33-12-9-11-32(26-33)29-52-47(59)51-23-17-36(31(3)4)45(51)37-15-16-42-49(7,38(37)18-24-51)21-19-41-48(5,6)43(55)20-22-50(41,42)8/h9-14,26-27,30,36-43,45-46,53-55,58H,3,15-25,28-29H2,1-2,4-8H3,(H,52,59)(H,56,57). The molecule has 0 heterocycles. The minimum absolute atomic E-state index is 0.0566. The molecule has 5 aliphatic rings. The van der Waals surface area contributed by atoms with Crippen LogP contribution in [0.25, 0.3) is 11.1 Å². The molecule has 8 heteroatoms. The molecule has 5 fully saturated rings. The van der Waals surface area contributed by atoms with Crippen LogP contribution in [0.4, 0.5) is 0 Å². The van der Waals surface area contributed by atoms with Gasteiger partial charge in [-0.3, -0.25) is 14.9 Å². The summed E-state index contributed by atoms with van der Waals surface area (Å²) in [5, 5.41) is 48.8. The van der Waals surface area contributed by atoms with E-state index in [0.717, 1.165) is 55.2 Å². The number of carboxylic acid groups (broad SMARTS) is 1. The number of carbonyl (C=O) groups excluding carboxylic acids is 1. The van der Waals surface area contributed by atoms with Crippen molar-refractivity contribution >= 4 is 11.9 Å². The van der Waals surface area contributed by atoms with Crippen LogP contribution in [0.15, 0.2) is 60.7 Å². The van der Waals surface area contributed by atoms with Crippen LogP contribution in [0, 0.1) is 63.1 Å². The highest BCUT2D eigenvalue weighted by molar-refractivity contribution is 5.84. The molecule has 5 saturated carbocycles. The number of aliphatic hydroxyl groups excluding tert-OH is 3. The third-order valence-electron chi connectivity index (χ3n) is 17.5. The number of aliphatic hydroxyl groups is 3. The van der Waals surface area contributed by atoms with Gasteiger partial charge in [-0.15, -0.1) is 0 Å². The van der Waals surface area contributed by atoms with E-state index in [9.17, 15) is 30.0 Å². The third kappa shape index (κ3) is 7.98. The Morgan fingerprint density at radius 3 is 2.22 bits per heavy atom. The van der Waals surface area contributed by atoms with E-state index in [2.05, 4.69) is 64.0 Å². The lowest BCUT2D eigenvalue weighted by atomic mass is 9.36. The number of rotatable bonds is 13. The summed E-state index contributed by atoms with van der Waals surface area (Å²) in [5.74, 6) is 2.32. The lowest BCUT2D eigenvalue weighted by Gasteiger charge is -2.69. The minimum Gasteiger partial charge on any atom is -0.481 e. The van der Waals surface area contributed by atoms with E-state index >= 15 is 0 Å². The number of amides is 1. The summed E-state index contributed by atoms with van der Waals surface area (Å²) in [5.41, 5.74) is 4.81. The van der Waals surface area contributed by atoms with Crippen molar-refractivity contribution < 1.29 is 30.0 Å². The molecule has 8 nitrogen and oxygen atoms in total. The molecule has 2 aromatic rings. The van der Waals surface area contributed by atoms with Gasteiger partial charge in [-0.1, -0.05) is 90.1 Å². The zero-order chi connectivity index (χ0) is 42.7. The third-order valence-corrected chi connectivity index (χ3v) is 17.5. The van der Waals surface area contributed by atoms with Crippen molar-refractivity contribution in [3.8, 4) is 11.1 Å². The molecule has 59 heavy (non-hydrogen) atoms. The van der Waals surface area contributed by atoms with Crippen LogP contribution in [0.3, 0.4) is 0 Å². The summed E-state index contributed by atoms with van der Waals surface area (Å²) in [7, 11) is 0. The van der Waals surface area contributed by atoms with Gasteiger partial charge in [0.05, 0.1) is 24.0 Å². The van der Waals surface area contributed by atoms with Gasteiger partial charge in [0.15, 0.2) is 0 Å². The maximum absolute atomic E-state index is 14.8. The number of carboxylic acids is 1. The molecule has 7 rings (SSSR count). The second-order valence-corrected chi connectivity index (χ2v) is 21.6. The summed E-state index contributed by atoms with van der Waals surface area (Å²) < 4.78 is 0. The Balaban J connectivity index is 1.06. The number of carbonyl (C=O) groups is 2. The molecule has 1 amide bonds. The number of nitrogens with one attached hydrogen (secondary N) is 2. The molecule has 0 spiro atoms. The summed E-state index contributed by atoms with van der Waals surface area (Å²) in [6.45, 7) is 21.0. The number of hydrogen-bond donors (Lipinski definition) is 6. The molecule has 324 valence electrons. The number of allylic oxidation sites excluding steroid dienone is 1. The van der Waals surface area contributed by atoms with Gasteiger partial charge in [0, 0.05) is 12.6 Å². The van der Waals surface area contributed by atoms with Crippen LogP contribution in [0.1, 0.15) is 143 Å². The van der Waals surface area contributed by atoms with Crippen LogP contribution in [-0.2, 0) is 16.1 Å². The first kappa shape index (κ1) is 44.0. The van der Waals surface area contributed by atoms with Gasteiger partial charge in [0.25, 0.3) is 0 Å². The van der Waals surface area contributed by atoms with Gasteiger partial charge in [-0.05, 0) is 170 Å². The fourth-order valence-electron chi connectivity index (χ4n) is 14.8. The van der Waals surface area contributed by atoms with Crippen molar-refractivity contribution in [2.75, 3.05) is 0 Å². The fraction of sp³-hybridized carbons (Fsp3) is 0.686. The fourth-order valence-corrected chi connectivity index (χ4v) is 14.8. The van der Waals surface area contributed by atoms with Crippen LogP contribution >= 0.6 is 0 Å². The van der Waals surface area contributed by atoms with Crippen molar-refractivity contribution in [1.82, 2.24) is 10.6 Å². The summed E-state index contributed by atoms with van der Waals surface area (Å²) in [6, 6.07) is 15.3. The number of hydrogen-bond acceptors (Lipinski definition) is 6. The Morgan fingerprint density at radius 1 is 0.847 bits per heavy atom. The Labute approximate surface area is 354 Å². The highest BCUT2D eigenvalue weighted by Crippen LogP contribution is 2.73. The Kier molecular flexibility index (Phi) is 12.4. The molecule has 0 aliphatic heterocycles. The molecule has 13 unspecified atom stereocenters. The molecular formula is C51H74N2O6. The maximum Gasteiger partial charge on any atom is 0.306 e. The molecular weight excluding hydrogens is 737 g/mol. The molecule has 6 N–H and O–H groups in total. The first-order valence-electron chi connectivity index (χ1n) is 23.0. The first-order chi connectivity index (χ1) is 27.8. The van der Waals surface area contributed by atoms with E-state index in [1.165, 1.54) is 31.3 Å². The van der Waals surface area contributed by atoms with Gasteiger partial charge in [0.2, 0.25) is 5.91 Å². The highest BCUT2D eigenvalue weighted by Gasteiger charge is 2.68. The van der Waals surface area contributed by atoms with E-state index < -0.39 is 30.8 Å². The molecule has 2 aromatic carbocycles. The second kappa shape index (κ2) is 16.7. The highest BCUT2D eigenvalue weighted by atomic mass is 16.4. The summed E-state index contributed by atoms with van der Waals surface area (Å²) in [4.78, 5) is 26.1. The predicted molar refractivity (Wildman–Crippen MR) is 234 cm³/mol. The zero-order valence-electron chi connectivity index (χ0n) is 37.0. The average Bonchev–Trinajstić information content (AvgIpc) is 3.60. The van der Waals surface area contributed by atoms with Crippen LogP contribution in [0.5, 0.6) is 0 Å². The van der Waals surface area contributed by atoms with Gasteiger partial charge in [-0.2, -0.15) is 0 Å². The van der Waals surface area contributed by atoms with E-state index in [1.54, 1.807) is 0 Å². The number of fused-ring (bicyclic) bond motifs is 7. The van der Waals surface area contributed by atoms with Crippen molar-refractivity contribution in [1.29, 1.82) is 0 Å². The quantitative estimate of drug-likeness (QED) is 0.0876. The van der Waals surface area contributed by atoms with Crippen LogP contribution in [0.2, 0.25) is 0 Å².